The minimum Gasteiger partial charge on any atom is -0.278 e. The molecule has 0 aromatic heterocycles. The first-order chi connectivity index (χ1) is 4.54. The van der Waals surface area contributed by atoms with E-state index in [1.165, 1.54) is 5.34 Å². The van der Waals surface area contributed by atoms with E-state index in [9.17, 15) is 18.1 Å². The molecule has 0 aliphatic carbocycles. The van der Waals surface area contributed by atoms with Gasteiger partial charge >= 0.3 is 12.1 Å². The Morgan fingerprint density at radius 1 is 1.50 bits per heavy atom. The first kappa shape index (κ1) is 8.66. The van der Waals surface area contributed by atoms with Crippen LogP contribution in [0, 0.1) is 4.91 Å². The van der Waals surface area contributed by atoms with Gasteiger partial charge in [0.25, 0.3) is 0 Å². The molecule has 0 spiro atoms. The second-order valence-electron chi connectivity index (χ2n) is 1.05. The third-order valence-corrected chi connectivity index (χ3v) is 0.460. The fourth-order valence-electron chi connectivity index (χ4n) is 0.129. The van der Waals surface area contributed by atoms with Crippen LogP contribution in [0.15, 0.2) is 5.34 Å². The van der Waals surface area contributed by atoms with E-state index in [-0.39, 0.29) is 0 Å². The molecular weight excluding hydrogens is 159 g/mol. The topological polar surface area (TPSA) is 65.0 Å². The van der Waals surface area contributed by atoms with Crippen LogP contribution in [0.1, 0.15) is 0 Å². The SMILES string of the molecule is O=NOC(F)(F)C(=O)OF. The number of rotatable bonds is 3. The Balaban J connectivity index is 4.08. The number of nitrogens with zero attached hydrogens (tertiary/aromatic N) is 1. The van der Waals surface area contributed by atoms with Gasteiger partial charge in [-0.15, -0.1) is 4.91 Å². The number of carbonyl (C=O) groups excluding carboxylic acids is 1. The lowest BCUT2D eigenvalue weighted by Crippen LogP contribution is -2.30. The van der Waals surface area contributed by atoms with Crippen molar-refractivity contribution >= 4 is 5.97 Å². The number of hydrogen-bond donors (Lipinski definition) is 0. The van der Waals surface area contributed by atoms with Crippen LogP contribution in [0.3, 0.4) is 0 Å². The van der Waals surface area contributed by atoms with Crippen molar-refractivity contribution in [2.75, 3.05) is 0 Å². The normalized spacial score (nSPS) is 10.3. The van der Waals surface area contributed by atoms with Crippen molar-refractivity contribution < 1.29 is 27.9 Å². The summed E-state index contributed by atoms with van der Waals surface area (Å²) in [5.41, 5.74) is 0. The van der Waals surface area contributed by atoms with Crippen LogP contribution in [-0.2, 0) is 14.6 Å². The molecule has 5 nitrogen and oxygen atoms in total. The highest BCUT2D eigenvalue weighted by Crippen LogP contribution is 2.17. The van der Waals surface area contributed by atoms with Crippen molar-refractivity contribution in [3.05, 3.63) is 4.91 Å². The largest absolute Gasteiger partial charge is 0.527 e. The smallest absolute Gasteiger partial charge is 0.278 e. The first-order valence-electron chi connectivity index (χ1n) is 1.76. The standard InChI is InChI=1S/C2F3NO4/c3-2(4,10-6-8)1(7)9-5. The molecule has 0 amide bonds. The molecule has 0 aromatic rings. The summed E-state index contributed by atoms with van der Waals surface area (Å²) in [6.45, 7) is 0. The van der Waals surface area contributed by atoms with Gasteiger partial charge in [0.2, 0.25) is 0 Å². The van der Waals surface area contributed by atoms with E-state index >= 15 is 0 Å². The fourth-order valence-corrected chi connectivity index (χ4v) is 0.129. The van der Waals surface area contributed by atoms with Gasteiger partial charge in [-0.2, -0.15) is 8.78 Å². The third-order valence-electron chi connectivity index (χ3n) is 0.460. The van der Waals surface area contributed by atoms with Gasteiger partial charge in [-0.1, -0.05) is 0 Å². The van der Waals surface area contributed by atoms with Crippen LogP contribution in [0.2, 0.25) is 0 Å². The van der Waals surface area contributed by atoms with E-state index in [1.807, 2.05) is 0 Å². The van der Waals surface area contributed by atoms with Gasteiger partial charge in [0.05, 0.1) is 0 Å². The zero-order valence-electron chi connectivity index (χ0n) is 4.21. The minimum absolute atomic E-state index is 1.21. The van der Waals surface area contributed by atoms with Crippen molar-refractivity contribution in [2.45, 2.75) is 6.11 Å². The summed E-state index contributed by atoms with van der Waals surface area (Å²) in [6.07, 6.45) is -4.66. The molecule has 0 saturated carbocycles. The molecule has 0 radical (unpaired) electrons. The molecule has 0 aliphatic rings. The van der Waals surface area contributed by atoms with Gasteiger partial charge in [-0.25, -0.2) is 9.74 Å². The summed E-state index contributed by atoms with van der Waals surface area (Å²) in [5, 5.41) is 1.21. The average molecular weight is 159 g/mol. The monoisotopic (exact) mass is 159 g/mol. The molecule has 8 heteroatoms. The predicted octanol–water partition coefficient (Wildman–Crippen LogP) is 0.705. The fraction of sp³-hybridized carbons (Fsp3) is 0.500. The quantitative estimate of drug-likeness (QED) is 0.449. The van der Waals surface area contributed by atoms with E-state index in [2.05, 4.69) is 9.78 Å². The van der Waals surface area contributed by atoms with E-state index in [0.717, 1.165) is 0 Å². The lowest BCUT2D eigenvalue weighted by atomic mass is 10.6. The lowest BCUT2D eigenvalue weighted by Gasteiger charge is -2.03. The maximum Gasteiger partial charge on any atom is 0.527 e. The molecule has 58 valence electrons. The molecule has 0 unspecified atom stereocenters. The highest BCUT2D eigenvalue weighted by atomic mass is 19.3. The number of carbonyl (C=O) groups is 1. The zero-order valence-corrected chi connectivity index (χ0v) is 4.21. The van der Waals surface area contributed by atoms with E-state index in [1.54, 1.807) is 0 Å². The number of halogens is 3. The highest BCUT2D eigenvalue weighted by molar-refractivity contribution is 5.75. The maximum atomic E-state index is 11.6. The van der Waals surface area contributed by atoms with Crippen molar-refractivity contribution in [3.8, 4) is 0 Å². The summed E-state index contributed by atoms with van der Waals surface area (Å²) in [4.78, 5) is 23.2. The molecule has 0 atom stereocenters. The second kappa shape index (κ2) is 2.99. The predicted molar refractivity (Wildman–Crippen MR) is 19.0 cm³/mol. The molecule has 0 rings (SSSR count). The summed E-state index contributed by atoms with van der Waals surface area (Å²) in [5.74, 6) is -2.63. The van der Waals surface area contributed by atoms with E-state index in [0.29, 0.717) is 0 Å². The van der Waals surface area contributed by atoms with Crippen molar-refractivity contribution in [3.63, 3.8) is 0 Å². The van der Waals surface area contributed by atoms with Crippen LogP contribution in [-0.4, -0.2) is 12.1 Å². The Hall–Kier alpha value is -1.34. The average Bonchev–Trinajstić information content (AvgIpc) is 1.86. The minimum atomic E-state index is -4.66. The van der Waals surface area contributed by atoms with E-state index < -0.39 is 12.1 Å². The molecule has 0 bridgehead atoms. The first-order valence-corrected chi connectivity index (χ1v) is 1.76. The van der Waals surface area contributed by atoms with Crippen LogP contribution in [0.4, 0.5) is 13.3 Å². The van der Waals surface area contributed by atoms with Gasteiger partial charge in [0.1, 0.15) is 0 Å². The molecule has 0 heterocycles. The zero-order chi connectivity index (χ0) is 8.20. The van der Waals surface area contributed by atoms with Crippen molar-refractivity contribution in [1.29, 1.82) is 0 Å². The Morgan fingerprint density at radius 2 is 2.00 bits per heavy atom. The second-order valence-corrected chi connectivity index (χ2v) is 1.05. The van der Waals surface area contributed by atoms with Gasteiger partial charge < -0.3 is 0 Å². The molecule has 0 aromatic carbocycles. The lowest BCUT2D eigenvalue weighted by molar-refractivity contribution is -0.274. The van der Waals surface area contributed by atoms with E-state index in [4.69, 9.17) is 4.91 Å². The van der Waals surface area contributed by atoms with Crippen LogP contribution in [0.25, 0.3) is 0 Å². The van der Waals surface area contributed by atoms with Gasteiger partial charge in [-0.05, 0) is 0 Å². The van der Waals surface area contributed by atoms with Crippen LogP contribution < -0.4 is 0 Å². The summed E-state index contributed by atoms with van der Waals surface area (Å²) in [7, 11) is 0. The Morgan fingerprint density at radius 3 is 2.30 bits per heavy atom. The molecule has 0 saturated heterocycles. The highest BCUT2D eigenvalue weighted by Gasteiger charge is 2.46. The van der Waals surface area contributed by atoms with Gasteiger partial charge in [0, 0.05) is 4.53 Å². The molecule has 0 N–H and O–H groups in total. The molecule has 0 fully saturated rings. The van der Waals surface area contributed by atoms with Gasteiger partial charge in [-0.3, -0.25) is 4.84 Å². The number of hydrogen-bond acceptors (Lipinski definition) is 5. The molecule has 10 heavy (non-hydrogen) atoms. The Kier molecular flexibility index (Phi) is 2.59. The number of alkyl halides is 2. The summed E-state index contributed by atoms with van der Waals surface area (Å²) in [6, 6.07) is 0. The third kappa shape index (κ3) is 1.88. The Bertz CT molecular complexity index is 147. The molecule has 0 aliphatic heterocycles. The maximum absolute atomic E-state index is 11.6. The van der Waals surface area contributed by atoms with Crippen molar-refractivity contribution in [2.24, 2.45) is 5.34 Å². The van der Waals surface area contributed by atoms with Crippen LogP contribution >= 0.6 is 0 Å². The summed E-state index contributed by atoms with van der Waals surface area (Å²) >= 11 is 0. The van der Waals surface area contributed by atoms with Crippen molar-refractivity contribution in [1.82, 2.24) is 0 Å². The van der Waals surface area contributed by atoms with Crippen LogP contribution in [0.5, 0.6) is 0 Å². The summed E-state index contributed by atoms with van der Waals surface area (Å²) < 4.78 is 33.8. The molecular formula is C2F3NO4. The van der Waals surface area contributed by atoms with Gasteiger partial charge in [0.15, 0.2) is 5.34 Å². The Labute approximate surface area is 51.5 Å².